The number of anilines is 2. The standard InChI is InChI=1S/C26H27FN4O6/c1-14-19(11-28-12-21(14)31(24(33)34)25(35)37-26(2,3)4)18-7-16-9-22(29-10-17(16)8-20(18)27)30-23(32)36-13-15-5-6-15/h7-12,15H,5-6,13H2,1-4H3,(H,33,34)(H,29,30,32). The van der Waals surface area contributed by atoms with Gasteiger partial charge >= 0.3 is 18.3 Å². The van der Waals surface area contributed by atoms with Crippen LogP contribution in [0.1, 0.15) is 39.2 Å². The fourth-order valence-electron chi connectivity index (χ4n) is 3.66. The van der Waals surface area contributed by atoms with E-state index in [9.17, 15) is 19.5 Å². The van der Waals surface area contributed by atoms with Crippen LogP contribution in [0.5, 0.6) is 0 Å². The van der Waals surface area contributed by atoms with Gasteiger partial charge in [0.1, 0.15) is 17.2 Å². The number of aromatic nitrogens is 2. The van der Waals surface area contributed by atoms with Crippen molar-refractivity contribution in [1.82, 2.24) is 9.97 Å². The van der Waals surface area contributed by atoms with Crippen LogP contribution < -0.4 is 10.2 Å². The zero-order valence-electron chi connectivity index (χ0n) is 20.9. The summed E-state index contributed by atoms with van der Waals surface area (Å²) in [5.74, 6) is 0.0531. The Labute approximate surface area is 212 Å². The van der Waals surface area contributed by atoms with E-state index in [1.807, 2.05) is 0 Å². The van der Waals surface area contributed by atoms with Gasteiger partial charge in [0.25, 0.3) is 0 Å². The predicted molar refractivity (Wildman–Crippen MR) is 134 cm³/mol. The third-order valence-electron chi connectivity index (χ3n) is 5.67. The maximum absolute atomic E-state index is 15.2. The molecule has 0 saturated heterocycles. The molecule has 2 N–H and O–H groups in total. The van der Waals surface area contributed by atoms with Crippen LogP contribution in [0.25, 0.3) is 21.9 Å². The Morgan fingerprint density at radius 3 is 2.49 bits per heavy atom. The second-order valence-corrected chi connectivity index (χ2v) is 9.85. The third-order valence-corrected chi connectivity index (χ3v) is 5.67. The highest BCUT2D eigenvalue weighted by Crippen LogP contribution is 2.34. The Bertz CT molecular complexity index is 1380. The Balaban J connectivity index is 1.68. The largest absolute Gasteiger partial charge is 0.464 e. The molecule has 11 heteroatoms. The summed E-state index contributed by atoms with van der Waals surface area (Å²) in [6.45, 7) is 6.75. The molecule has 0 radical (unpaired) electrons. The quantitative estimate of drug-likeness (QED) is 0.420. The van der Waals surface area contributed by atoms with Crippen molar-refractivity contribution < 1.29 is 33.4 Å². The number of carbonyl (C=O) groups is 3. The second-order valence-electron chi connectivity index (χ2n) is 9.85. The van der Waals surface area contributed by atoms with Crippen molar-refractivity contribution in [3.63, 3.8) is 0 Å². The summed E-state index contributed by atoms with van der Waals surface area (Å²) in [6, 6.07) is 4.40. The molecule has 2 heterocycles. The van der Waals surface area contributed by atoms with Gasteiger partial charge in [-0.05, 0) is 75.6 Å². The number of fused-ring (bicyclic) bond motifs is 1. The molecule has 37 heavy (non-hydrogen) atoms. The highest BCUT2D eigenvalue weighted by Gasteiger charge is 2.31. The minimum Gasteiger partial charge on any atom is -0.464 e. The fraction of sp³-hybridized carbons (Fsp3) is 0.346. The number of rotatable bonds is 5. The molecule has 3 aromatic rings. The summed E-state index contributed by atoms with van der Waals surface area (Å²) in [5, 5.41) is 13.3. The van der Waals surface area contributed by atoms with Crippen LogP contribution in [0.4, 0.5) is 30.3 Å². The van der Waals surface area contributed by atoms with Crippen molar-refractivity contribution in [2.75, 3.05) is 16.8 Å². The van der Waals surface area contributed by atoms with Gasteiger partial charge < -0.3 is 14.6 Å². The Morgan fingerprint density at radius 2 is 1.84 bits per heavy atom. The van der Waals surface area contributed by atoms with Gasteiger partial charge in [0, 0.05) is 28.9 Å². The van der Waals surface area contributed by atoms with Crippen LogP contribution in [0.3, 0.4) is 0 Å². The molecular weight excluding hydrogens is 483 g/mol. The molecule has 0 unspecified atom stereocenters. The lowest BCUT2D eigenvalue weighted by Gasteiger charge is -2.25. The van der Waals surface area contributed by atoms with Crippen molar-refractivity contribution in [3.8, 4) is 11.1 Å². The van der Waals surface area contributed by atoms with Gasteiger partial charge in [-0.2, -0.15) is 4.90 Å². The number of benzene rings is 1. The van der Waals surface area contributed by atoms with Crippen molar-refractivity contribution in [3.05, 3.63) is 48.2 Å². The molecule has 4 rings (SSSR count). The van der Waals surface area contributed by atoms with Crippen molar-refractivity contribution >= 4 is 40.6 Å². The molecule has 1 saturated carbocycles. The molecule has 1 aliphatic rings. The minimum atomic E-state index is -1.56. The van der Waals surface area contributed by atoms with E-state index in [0.29, 0.717) is 33.8 Å². The van der Waals surface area contributed by atoms with Gasteiger partial charge in [-0.1, -0.05) is 0 Å². The van der Waals surface area contributed by atoms with Gasteiger partial charge in [-0.3, -0.25) is 10.3 Å². The van der Waals surface area contributed by atoms with Crippen molar-refractivity contribution in [2.24, 2.45) is 5.92 Å². The van der Waals surface area contributed by atoms with E-state index in [1.165, 1.54) is 24.7 Å². The average molecular weight is 511 g/mol. The number of imide groups is 1. The van der Waals surface area contributed by atoms with Crippen LogP contribution in [0.15, 0.2) is 36.8 Å². The van der Waals surface area contributed by atoms with Crippen molar-refractivity contribution in [2.45, 2.75) is 46.1 Å². The number of carbonyl (C=O) groups excluding carboxylic acids is 2. The average Bonchev–Trinajstić information content (AvgIpc) is 3.62. The molecule has 1 aromatic carbocycles. The number of amides is 3. The maximum atomic E-state index is 15.2. The molecule has 0 bridgehead atoms. The Morgan fingerprint density at radius 1 is 1.11 bits per heavy atom. The maximum Gasteiger partial charge on any atom is 0.424 e. The highest BCUT2D eigenvalue weighted by molar-refractivity contribution is 6.09. The summed E-state index contributed by atoms with van der Waals surface area (Å²) in [4.78, 5) is 45.3. The summed E-state index contributed by atoms with van der Waals surface area (Å²) in [5.41, 5.74) is -0.283. The first-order valence-corrected chi connectivity index (χ1v) is 11.7. The number of pyridine rings is 2. The predicted octanol–water partition coefficient (Wildman–Crippen LogP) is 6.12. The first-order valence-electron chi connectivity index (χ1n) is 11.7. The Kier molecular flexibility index (Phi) is 6.97. The second kappa shape index (κ2) is 10.00. The first kappa shape index (κ1) is 25.8. The Hall–Kier alpha value is -4.28. The molecule has 2 aromatic heterocycles. The molecule has 10 nitrogen and oxygen atoms in total. The van der Waals surface area contributed by atoms with E-state index in [2.05, 4.69) is 15.3 Å². The van der Waals surface area contributed by atoms with Crippen LogP contribution in [0.2, 0.25) is 0 Å². The van der Waals surface area contributed by atoms with Gasteiger partial charge in [0.2, 0.25) is 0 Å². The lowest BCUT2D eigenvalue weighted by molar-refractivity contribution is 0.0581. The number of nitrogens with zero attached hydrogens (tertiary/aromatic N) is 3. The molecule has 0 aliphatic heterocycles. The minimum absolute atomic E-state index is 0.0609. The zero-order chi connectivity index (χ0) is 26.9. The number of halogens is 1. The molecule has 3 amide bonds. The molecular formula is C26H27FN4O6. The molecule has 0 atom stereocenters. The SMILES string of the molecule is Cc1c(-c2cc3cc(NC(=O)OCC4CC4)ncc3cc2F)cncc1N(C(=O)O)C(=O)OC(C)(C)C. The van der Waals surface area contributed by atoms with Crippen LogP contribution in [-0.4, -0.2) is 45.6 Å². The van der Waals surface area contributed by atoms with Crippen LogP contribution >= 0.6 is 0 Å². The van der Waals surface area contributed by atoms with Crippen molar-refractivity contribution in [1.29, 1.82) is 0 Å². The molecule has 1 fully saturated rings. The summed E-state index contributed by atoms with van der Waals surface area (Å²) in [7, 11) is 0. The number of hydrogen-bond donors (Lipinski definition) is 2. The molecule has 1 aliphatic carbocycles. The van der Waals surface area contributed by atoms with E-state index in [0.717, 1.165) is 12.8 Å². The normalized spacial score (nSPS) is 13.2. The smallest absolute Gasteiger partial charge is 0.424 e. The third kappa shape index (κ3) is 6.11. The monoisotopic (exact) mass is 510 g/mol. The van der Waals surface area contributed by atoms with Gasteiger partial charge in [0.05, 0.1) is 18.5 Å². The summed E-state index contributed by atoms with van der Waals surface area (Å²) >= 11 is 0. The highest BCUT2D eigenvalue weighted by atomic mass is 19.1. The van der Waals surface area contributed by atoms with E-state index in [4.69, 9.17) is 9.47 Å². The number of ether oxygens (including phenoxy) is 2. The number of hydrogen-bond acceptors (Lipinski definition) is 7. The van der Waals surface area contributed by atoms with E-state index in [1.54, 1.807) is 39.8 Å². The summed E-state index contributed by atoms with van der Waals surface area (Å²) < 4.78 is 25.6. The zero-order valence-corrected chi connectivity index (χ0v) is 20.9. The molecule has 0 spiro atoms. The molecule has 194 valence electrons. The summed E-state index contributed by atoms with van der Waals surface area (Å²) in [6.07, 6.45) is 2.82. The lowest BCUT2D eigenvalue weighted by atomic mass is 9.98. The fourth-order valence-corrected chi connectivity index (χ4v) is 3.66. The van der Waals surface area contributed by atoms with E-state index < -0.39 is 29.7 Å². The van der Waals surface area contributed by atoms with Gasteiger partial charge in [-0.15, -0.1) is 0 Å². The van der Waals surface area contributed by atoms with Gasteiger partial charge in [0.15, 0.2) is 0 Å². The first-order chi connectivity index (χ1) is 17.4. The van der Waals surface area contributed by atoms with E-state index in [-0.39, 0.29) is 22.6 Å². The van der Waals surface area contributed by atoms with Gasteiger partial charge in [-0.25, -0.2) is 23.8 Å². The topological polar surface area (TPSA) is 131 Å². The van der Waals surface area contributed by atoms with E-state index >= 15 is 4.39 Å². The van der Waals surface area contributed by atoms with Crippen LogP contribution in [-0.2, 0) is 9.47 Å². The number of nitrogens with one attached hydrogen (secondary N) is 1. The lowest BCUT2D eigenvalue weighted by Crippen LogP contribution is -2.40. The van der Waals surface area contributed by atoms with Crippen LogP contribution in [0, 0.1) is 18.7 Å². The number of carboxylic acid groups (broad SMARTS) is 1.